The molecule has 1 aliphatic rings. The molecular formula is C27H38Cl2N4O6S. The Morgan fingerprint density at radius 3 is 2.35 bits per heavy atom. The van der Waals surface area contributed by atoms with E-state index in [-0.39, 0.29) is 30.0 Å². The third-order valence-corrected chi connectivity index (χ3v) is 8.23. The van der Waals surface area contributed by atoms with E-state index in [0.717, 1.165) is 23.2 Å². The number of likely N-dealkylation sites (N-methyl/N-ethyl adjacent to an activating group) is 1. The molecule has 0 aliphatic carbocycles. The van der Waals surface area contributed by atoms with Gasteiger partial charge in [0, 0.05) is 48.7 Å². The molecule has 1 heterocycles. The maximum absolute atomic E-state index is 13.0. The first-order valence-electron chi connectivity index (χ1n) is 13.2. The first-order valence-corrected chi connectivity index (χ1v) is 15.5. The monoisotopic (exact) mass is 616 g/mol. The maximum atomic E-state index is 13.0. The number of hydrogen-bond acceptors (Lipinski definition) is 7. The normalized spacial score (nSPS) is 15.6. The van der Waals surface area contributed by atoms with Crippen LogP contribution in [0, 0.1) is 0 Å². The number of amides is 2. The number of nitrogens with zero attached hydrogens (tertiary/aromatic N) is 1. The van der Waals surface area contributed by atoms with E-state index in [9.17, 15) is 13.2 Å². The van der Waals surface area contributed by atoms with Gasteiger partial charge in [0.05, 0.1) is 44.5 Å². The molecule has 2 aromatic rings. The fourth-order valence-electron chi connectivity index (χ4n) is 4.36. The van der Waals surface area contributed by atoms with E-state index in [1.165, 1.54) is 0 Å². The van der Waals surface area contributed by atoms with Crippen LogP contribution in [-0.2, 0) is 30.8 Å². The predicted octanol–water partition coefficient (Wildman–Crippen LogP) is 3.22. The van der Waals surface area contributed by atoms with Gasteiger partial charge in [0.25, 0.3) is 0 Å². The Kier molecular flexibility index (Phi) is 13.4. The van der Waals surface area contributed by atoms with E-state index in [2.05, 4.69) is 20.3 Å². The molecule has 3 rings (SSSR count). The topological polar surface area (TPSA) is 118 Å². The number of carbonyl (C=O) groups excluding carboxylic acids is 1. The van der Waals surface area contributed by atoms with Gasteiger partial charge in [-0.1, -0.05) is 35.3 Å². The van der Waals surface area contributed by atoms with Gasteiger partial charge in [-0.3, -0.25) is 0 Å². The third kappa shape index (κ3) is 10.1. The fraction of sp³-hybridized carbons (Fsp3) is 0.519. The van der Waals surface area contributed by atoms with Crippen LogP contribution < -0.4 is 15.4 Å². The van der Waals surface area contributed by atoms with Gasteiger partial charge in [0.1, 0.15) is 0 Å². The highest BCUT2D eigenvalue weighted by atomic mass is 35.5. The van der Waals surface area contributed by atoms with Crippen LogP contribution in [0.2, 0.25) is 10.0 Å². The number of hydrogen-bond donors (Lipinski definition) is 3. The molecule has 13 heteroatoms. The number of rotatable bonds is 16. The first kappa shape index (κ1) is 32.6. The molecule has 1 aliphatic heterocycles. The summed E-state index contributed by atoms with van der Waals surface area (Å²) in [6.07, 6.45) is 0. The summed E-state index contributed by atoms with van der Waals surface area (Å²) in [5, 5.41) is 6.48. The number of halogens is 2. The number of benzene rings is 2. The van der Waals surface area contributed by atoms with Crippen molar-refractivity contribution in [2.24, 2.45) is 0 Å². The van der Waals surface area contributed by atoms with Crippen molar-refractivity contribution in [2.45, 2.75) is 24.3 Å². The highest BCUT2D eigenvalue weighted by Crippen LogP contribution is 2.38. The van der Waals surface area contributed by atoms with Crippen molar-refractivity contribution in [1.29, 1.82) is 0 Å². The molecule has 0 radical (unpaired) electrons. The summed E-state index contributed by atoms with van der Waals surface area (Å²) in [5.41, 5.74) is 2.91. The largest absolute Gasteiger partial charge is 0.378 e. The highest BCUT2D eigenvalue weighted by molar-refractivity contribution is 7.89. The second-order valence-corrected chi connectivity index (χ2v) is 11.9. The van der Waals surface area contributed by atoms with Crippen molar-refractivity contribution >= 4 is 39.3 Å². The van der Waals surface area contributed by atoms with Gasteiger partial charge in [0.15, 0.2) is 0 Å². The minimum atomic E-state index is -3.72. The zero-order valence-corrected chi connectivity index (χ0v) is 25.2. The molecule has 1 atom stereocenters. The van der Waals surface area contributed by atoms with Gasteiger partial charge in [0.2, 0.25) is 10.0 Å². The standard InChI is InChI=1S/C27H38Cl2N4O6S/c1-3-30-27(34)31-7-9-37-11-13-39-14-12-38-10-8-32-40(35,36)22-6-4-5-20(15-22)24-18-33(2)19-25-23(24)16-21(28)17-26(25)29/h4-6,15-17,24,32H,3,7-14,18-19H2,1-2H3,(H2,30,31,34). The molecule has 1 unspecified atom stereocenters. The van der Waals surface area contributed by atoms with Crippen molar-refractivity contribution in [2.75, 3.05) is 72.9 Å². The van der Waals surface area contributed by atoms with Crippen molar-refractivity contribution in [1.82, 2.24) is 20.3 Å². The van der Waals surface area contributed by atoms with E-state index in [0.29, 0.717) is 62.7 Å². The lowest BCUT2D eigenvalue weighted by atomic mass is 9.85. The summed E-state index contributed by atoms with van der Waals surface area (Å²) in [4.78, 5) is 13.6. The minimum Gasteiger partial charge on any atom is -0.378 e. The van der Waals surface area contributed by atoms with Crippen LogP contribution in [0.15, 0.2) is 41.3 Å². The molecule has 0 saturated heterocycles. The third-order valence-electron chi connectivity index (χ3n) is 6.22. The Bertz CT molecular complexity index is 1220. The zero-order chi connectivity index (χ0) is 29.0. The SMILES string of the molecule is CCNC(=O)NCCOCCOCCOCCNS(=O)(=O)c1cccc(C2CN(C)Cc3c(Cl)cc(Cl)cc32)c1. The average molecular weight is 618 g/mol. The van der Waals surface area contributed by atoms with Crippen LogP contribution in [-0.4, -0.2) is 92.2 Å². The number of carbonyl (C=O) groups is 1. The lowest BCUT2D eigenvalue weighted by molar-refractivity contribution is 0.0165. The van der Waals surface area contributed by atoms with Gasteiger partial charge in [-0.25, -0.2) is 17.9 Å². The second kappa shape index (κ2) is 16.5. The van der Waals surface area contributed by atoms with Crippen LogP contribution in [0.25, 0.3) is 0 Å². The van der Waals surface area contributed by atoms with Gasteiger partial charge < -0.3 is 29.7 Å². The summed E-state index contributed by atoms with van der Waals surface area (Å²) in [6.45, 7) is 6.50. The average Bonchev–Trinajstić information content (AvgIpc) is 2.91. The van der Waals surface area contributed by atoms with E-state index >= 15 is 0 Å². The van der Waals surface area contributed by atoms with Gasteiger partial charge in [-0.2, -0.15) is 0 Å². The minimum absolute atomic E-state index is 0.0576. The van der Waals surface area contributed by atoms with Crippen molar-refractivity contribution in [3.05, 3.63) is 63.1 Å². The van der Waals surface area contributed by atoms with Crippen LogP contribution in [0.3, 0.4) is 0 Å². The predicted molar refractivity (Wildman–Crippen MR) is 156 cm³/mol. The summed E-state index contributed by atoms with van der Waals surface area (Å²) >= 11 is 12.8. The number of sulfonamides is 1. The second-order valence-electron chi connectivity index (χ2n) is 9.30. The molecule has 0 bridgehead atoms. The van der Waals surface area contributed by atoms with Gasteiger partial charge in [-0.05, 0) is 54.9 Å². The summed E-state index contributed by atoms with van der Waals surface area (Å²) in [5.74, 6) is -0.0576. The van der Waals surface area contributed by atoms with Crippen LogP contribution in [0.4, 0.5) is 4.79 Å². The molecule has 10 nitrogen and oxygen atoms in total. The Morgan fingerprint density at radius 2 is 1.65 bits per heavy atom. The van der Waals surface area contributed by atoms with Crippen molar-refractivity contribution < 1.29 is 27.4 Å². The molecule has 0 saturated carbocycles. The Balaban J connectivity index is 1.38. The molecule has 3 N–H and O–H groups in total. The Labute approximate surface area is 246 Å². The summed E-state index contributed by atoms with van der Waals surface area (Å²) in [6, 6.07) is 10.4. The maximum Gasteiger partial charge on any atom is 0.314 e. The smallest absolute Gasteiger partial charge is 0.314 e. The molecule has 0 aromatic heterocycles. The lowest BCUT2D eigenvalue weighted by Gasteiger charge is -2.33. The van der Waals surface area contributed by atoms with Crippen LogP contribution in [0.5, 0.6) is 0 Å². The van der Waals surface area contributed by atoms with E-state index in [4.69, 9.17) is 37.4 Å². The van der Waals surface area contributed by atoms with Gasteiger partial charge >= 0.3 is 6.03 Å². The summed E-state index contributed by atoms with van der Waals surface area (Å²) < 4.78 is 44.8. The van der Waals surface area contributed by atoms with Crippen molar-refractivity contribution in [3.63, 3.8) is 0 Å². The molecule has 0 spiro atoms. The van der Waals surface area contributed by atoms with Crippen molar-refractivity contribution in [3.8, 4) is 0 Å². The van der Waals surface area contributed by atoms with E-state index in [1.54, 1.807) is 24.3 Å². The van der Waals surface area contributed by atoms with Gasteiger partial charge in [-0.15, -0.1) is 0 Å². The molecule has 2 aromatic carbocycles. The molecule has 2 amide bonds. The Morgan fingerprint density at radius 1 is 0.975 bits per heavy atom. The van der Waals surface area contributed by atoms with E-state index < -0.39 is 10.0 Å². The highest BCUT2D eigenvalue weighted by Gasteiger charge is 2.28. The Hall–Kier alpha value is -1.96. The number of fused-ring (bicyclic) bond motifs is 1. The number of nitrogens with one attached hydrogen (secondary N) is 3. The number of urea groups is 1. The van der Waals surface area contributed by atoms with Crippen LogP contribution in [0.1, 0.15) is 29.5 Å². The molecule has 222 valence electrons. The number of ether oxygens (including phenoxy) is 3. The molecule has 0 fully saturated rings. The fourth-order valence-corrected chi connectivity index (χ4v) is 6.00. The zero-order valence-electron chi connectivity index (χ0n) is 22.9. The van der Waals surface area contributed by atoms with Crippen LogP contribution >= 0.6 is 23.2 Å². The molecular weight excluding hydrogens is 579 g/mol. The molecule has 40 heavy (non-hydrogen) atoms. The summed E-state index contributed by atoms with van der Waals surface area (Å²) in [7, 11) is -1.71. The van der Waals surface area contributed by atoms with E-state index in [1.807, 2.05) is 26.1 Å². The lowest BCUT2D eigenvalue weighted by Crippen LogP contribution is -2.37. The quantitative estimate of drug-likeness (QED) is 0.248. The first-order chi connectivity index (χ1) is 19.2.